The lowest BCUT2D eigenvalue weighted by Gasteiger charge is -2.02. The van der Waals surface area contributed by atoms with Crippen molar-refractivity contribution in [1.82, 2.24) is 20.4 Å². The Morgan fingerprint density at radius 1 is 1.10 bits per heavy atom. The summed E-state index contributed by atoms with van der Waals surface area (Å²) in [6.07, 6.45) is 3.23. The summed E-state index contributed by atoms with van der Waals surface area (Å²) in [5.74, 6) is 0.0662. The number of hydrogen-bond acceptors (Lipinski definition) is 6. The number of imidazole rings is 1. The number of aromatic amines is 1. The number of thioether (sulfide) groups is 1. The van der Waals surface area contributed by atoms with Crippen LogP contribution < -0.4 is 5.43 Å². The predicted octanol–water partition coefficient (Wildman–Crippen LogP) is 4.97. The average Bonchev–Trinajstić information content (AvgIpc) is 3.22. The largest absolute Gasteiger partial charge is 0.333 e. The van der Waals surface area contributed by atoms with Gasteiger partial charge in [-0.15, -0.1) is 10.2 Å². The summed E-state index contributed by atoms with van der Waals surface area (Å²) >= 11 is 7.18. The third-order valence-electron chi connectivity index (χ3n) is 4.00. The third-order valence-corrected chi connectivity index (χ3v) is 5.13. The number of carbonyl (C=O) groups excluding carboxylic acids is 1. The Bertz CT molecular complexity index is 1210. The molecule has 2 N–H and O–H groups in total. The molecule has 0 bridgehead atoms. The smallest absolute Gasteiger partial charge is 0.250 e. The van der Waals surface area contributed by atoms with Crippen LogP contribution in [-0.4, -0.2) is 32.4 Å². The molecule has 8 nitrogen and oxygen atoms in total. The normalized spacial score (nSPS) is 11.8. The second-order valence-corrected chi connectivity index (χ2v) is 7.64. The number of para-hydroxylation sites is 2. The van der Waals surface area contributed by atoms with Crippen LogP contribution in [0.1, 0.15) is 5.56 Å². The number of nitrogens with zero attached hydrogens (tertiary/aromatic N) is 5. The van der Waals surface area contributed by atoms with Gasteiger partial charge in [-0.05, 0) is 48.5 Å². The number of benzene rings is 2. The van der Waals surface area contributed by atoms with Crippen molar-refractivity contribution in [2.24, 2.45) is 15.3 Å². The Morgan fingerprint density at radius 2 is 1.94 bits per heavy atom. The minimum Gasteiger partial charge on any atom is -0.333 e. The van der Waals surface area contributed by atoms with Gasteiger partial charge < -0.3 is 4.98 Å². The molecule has 0 radical (unpaired) electrons. The summed E-state index contributed by atoms with van der Waals surface area (Å²) in [6.45, 7) is 0. The number of hydrazone groups is 1. The standard InChI is InChI=1S/C21H16ClN7OS/c22-15-7-9-16(10-8-15)26-28-20(14-4-3-11-23-12-14)29-27-19(30)13-31-21-24-17-5-1-2-6-18(17)25-21/h1-12H,13H2,(H,24,25)(H,27,30)/b28-26?,29-20-. The van der Waals surface area contributed by atoms with Crippen molar-refractivity contribution in [3.63, 3.8) is 0 Å². The number of amidine groups is 1. The molecular formula is C21H16ClN7OS. The maximum atomic E-state index is 12.3. The summed E-state index contributed by atoms with van der Waals surface area (Å²) in [5, 5.41) is 13.7. The Hall–Kier alpha value is -3.56. The molecule has 0 atom stereocenters. The van der Waals surface area contributed by atoms with Gasteiger partial charge in [-0.2, -0.15) is 5.10 Å². The first-order valence-corrected chi connectivity index (χ1v) is 10.6. The molecule has 154 valence electrons. The van der Waals surface area contributed by atoms with Crippen molar-refractivity contribution in [2.75, 3.05) is 5.75 Å². The summed E-state index contributed by atoms with van der Waals surface area (Å²) in [7, 11) is 0. The maximum absolute atomic E-state index is 12.3. The summed E-state index contributed by atoms with van der Waals surface area (Å²) < 4.78 is 0. The SMILES string of the molecule is O=C(CSc1nc2ccccc2[nH]1)N/N=C(\N=Nc1ccc(Cl)cc1)c1cccnc1. The summed E-state index contributed by atoms with van der Waals surface area (Å²) in [4.78, 5) is 24.0. The van der Waals surface area contributed by atoms with E-state index in [0.29, 0.717) is 21.4 Å². The molecule has 2 aromatic heterocycles. The van der Waals surface area contributed by atoms with E-state index in [0.717, 1.165) is 11.0 Å². The first kappa shape index (κ1) is 20.7. The second kappa shape index (κ2) is 9.96. The van der Waals surface area contributed by atoms with Crippen molar-refractivity contribution < 1.29 is 4.79 Å². The van der Waals surface area contributed by atoms with Crippen LogP contribution in [-0.2, 0) is 4.79 Å². The first-order valence-electron chi connectivity index (χ1n) is 9.19. The average molecular weight is 450 g/mol. The fourth-order valence-corrected chi connectivity index (χ4v) is 3.34. The Labute approximate surface area is 186 Å². The highest BCUT2D eigenvalue weighted by molar-refractivity contribution is 7.99. The number of carbonyl (C=O) groups is 1. The molecule has 4 aromatic rings. The van der Waals surface area contributed by atoms with Crippen LogP contribution in [0.25, 0.3) is 11.0 Å². The minimum absolute atomic E-state index is 0.137. The molecule has 0 saturated heterocycles. The van der Waals surface area contributed by atoms with Gasteiger partial charge in [0.1, 0.15) is 0 Å². The van der Waals surface area contributed by atoms with E-state index in [-0.39, 0.29) is 17.5 Å². The first-order chi connectivity index (χ1) is 15.2. The van der Waals surface area contributed by atoms with Gasteiger partial charge >= 0.3 is 0 Å². The van der Waals surface area contributed by atoms with Gasteiger partial charge in [-0.25, -0.2) is 10.4 Å². The van der Waals surface area contributed by atoms with Crippen molar-refractivity contribution in [2.45, 2.75) is 5.16 Å². The highest BCUT2D eigenvalue weighted by Crippen LogP contribution is 2.19. The molecular weight excluding hydrogens is 434 g/mol. The van der Waals surface area contributed by atoms with Crippen LogP contribution >= 0.6 is 23.4 Å². The van der Waals surface area contributed by atoms with Crippen LogP contribution in [0.15, 0.2) is 93.5 Å². The molecule has 31 heavy (non-hydrogen) atoms. The zero-order chi connectivity index (χ0) is 21.5. The zero-order valence-corrected chi connectivity index (χ0v) is 17.6. The molecule has 4 rings (SSSR count). The molecule has 0 fully saturated rings. The van der Waals surface area contributed by atoms with E-state index in [1.807, 2.05) is 24.3 Å². The van der Waals surface area contributed by atoms with Crippen LogP contribution in [0.5, 0.6) is 0 Å². The van der Waals surface area contributed by atoms with Crippen LogP contribution in [0.3, 0.4) is 0 Å². The summed E-state index contributed by atoms with van der Waals surface area (Å²) in [6, 6.07) is 18.1. The van der Waals surface area contributed by atoms with Gasteiger partial charge in [0, 0.05) is 23.0 Å². The Balaban J connectivity index is 1.43. The molecule has 10 heteroatoms. The molecule has 0 aliphatic heterocycles. The van der Waals surface area contributed by atoms with Gasteiger partial charge in [0.15, 0.2) is 5.16 Å². The molecule has 0 aliphatic carbocycles. The molecule has 0 saturated carbocycles. The lowest BCUT2D eigenvalue weighted by atomic mass is 10.3. The van der Waals surface area contributed by atoms with Gasteiger partial charge in [0.25, 0.3) is 5.91 Å². The fraction of sp³-hybridized carbons (Fsp3) is 0.0476. The Morgan fingerprint density at radius 3 is 2.71 bits per heavy atom. The zero-order valence-electron chi connectivity index (χ0n) is 16.1. The lowest BCUT2D eigenvalue weighted by Crippen LogP contribution is -2.21. The molecule has 2 aromatic carbocycles. The van der Waals surface area contributed by atoms with Crippen LogP contribution in [0.2, 0.25) is 5.02 Å². The maximum Gasteiger partial charge on any atom is 0.250 e. The lowest BCUT2D eigenvalue weighted by molar-refractivity contribution is -0.118. The van der Waals surface area contributed by atoms with Crippen molar-refractivity contribution >= 4 is 51.8 Å². The van der Waals surface area contributed by atoms with Crippen molar-refractivity contribution in [3.05, 3.63) is 83.6 Å². The van der Waals surface area contributed by atoms with Gasteiger partial charge in [0.2, 0.25) is 5.84 Å². The molecule has 0 aliphatic rings. The van der Waals surface area contributed by atoms with Crippen LogP contribution in [0.4, 0.5) is 5.69 Å². The fourth-order valence-electron chi connectivity index (χ4n) is 2.53. The van der Waals surface area contributed by atoms with E-state index in [1.54, 1.807) is 48.8 Å². The number of hydrogen-bond donors (Lipinski definition) is 2. The van der Waals surface area contributed by atoms with Crippen molar-refractivity contribution in [3.8, 4) is 0 Å². The Kier molecular flexibility index (Phi) is 6.65. The molecule has 1 amide bonds. The highest BCUT2D eigenvalue weighted by Gasteiger charge is 2.08. The molecule has 0 spiro atoms. The molecule has 0 unspecified atom stereocenters. The number of H-pyrrole nitrogens is 1. The quantitative estimate of drug-likeness (QED) is 0.142. The molecule has 2 heterocycles. The number of nitrogens with one attached hydrogen (secondary N) is 2. The number of halogens is 1. The third kappa shape index (κ3) is 5.74. The topological polar surface area (TPSA) is 108 Å². The number of fused-ring (bicyclic) bond motifs is 1. The number of rotatable bonds is 6. The summed E-state index contributed by atoms with van der Waals surface area (Å²) in [5.41, 5.74) is 5.51. The second-order valence-electron chi connectivity index (χ2n) is 6.24. The van der Waals surface area contributed by atoms with Gasteiger partial charge in [-0.3, -0.25) is 9.78 Å². The van der Waals surface area contributed by atoms with Crippen molar-refractivity contribution in [1.29, 1.82) is 0 Å². The van der Waals surface area contributed by atoms with Crippen LogP contribution in [0, 0.1) is 0 Å². The highest BCUT2D eigenvalue weighted by atomic mass is 35.5. The number of aromatic nitrogens is 3. The minimum atomic E-state index is -0.298. The number of amides is 1. The van der Waals surface area contributed by atoms with E-state index in [2.05, 4.69) is 35.7 Å². The van der Waals surface area contributed by atoms with E-state index in [1.165, 1.54) is 11.8 Å². The van der Waals surface area contributed by atoms with E-state index >= 15 is 0 Å². The number of pyridine rings is 1. The van der Waals surface area contributed by atoms with E-state index in [9.17, 15) is 4.79 Å². The van der Waals surface area contributed by atoms with E-state index < -0.39 is 0 Å². The van der Waals surface area contributed by atoms with E-state index in [4.69, 9.17) is 11.6 Å². The monoisotopic (exact) mass is 449 g/mol. The number of azo groups is 1. The van der Waals surface area contributed by atoms with Gasteiger partial charge in [-0.1, -0.05) is 35.5 Å². The van der Waals surface area contributed by atoms with Gasteiger partial charge in [0.05, 0.1) is 22.5 Å². The predicted molar refractivity (Wildman–Crippen MR) is 122 cm³/mol.